The molecule has 7 rings (SSSR count). The Labute approximate surface area is 186 Å². The predicted molar refractivity (Wildman–Crippen MR) is 135 cm³/mol. The number of para-hydroxylation sites is 2. The van der Waals surface area contributed by atoms with E-state index in [0.717, 1.165) is 12.8 Å². The monoisotopic (exact) mass is 410 g/mol. The van der Waals surface area contributed by atoms with Gasteiger partial charge in [0, 0.05) is 44.1 Å². The third kappa shape index (κ3) is 2.53. The van der Waals surface area contributed by atoms with Gasteiger partial charge in [0.05, 0.1) is 5.52 Å². The molecule has 2 heterocycles. The van der Waals surface area contributed by atoms with Gasteiger partial charge in [0.1, 0.15) is 0 Å². The Kier molecular flexibility index (Phi) is 3.71. The molecule has 1 aliphatic carbocycles. The van der Waals surface area contributed by atoms with Crippen molar-refractivity contribution in [1.29, 1.82) is 0 Å². The van der Waals surface area contributed by atoms with Crippen LogP contribution in [0.25, 0.3) is 55.6 Å². The Morgan fingerprint density at radius 1 is 0.656 bits per heavy atom. The third-order valence-electron chi connectivity index (χ3n) is 6.79. The maximum absolute atomic E-state index is 3.54. The highest BCUT2D eigenvalue weighted by molar-refractivity contribution is 6.08. The van der Waals surface area contributed by atoms with Crippen molar-refractivity contribution in [3.8, 4) is 16.8 Å². The fourth-order valence-electron chi connectivity index (χ4n) is 5.30. The molecule has 0 spiro atoms. The maximum atomic E-state index is 3.54. The van der Waals surface area contributed by atoms with Crippen molar-refractivity contribution in [1.82, 2.24) is 9.55 Å². The van der Waals surface area contributed by atoms with E-state index in [-0.39, 0.29) is 0 Å². The quantitative estimate of drug-likeness (QED) is 0.300. The number of aromatic nitrogens is 2. The first-order valence-electron chi connectivity index (χ1n) is 11.3. The van der Waals surface area contributed by atoms with E-state index >= 15 is 0 Å². The number of fused-ring (bicyclic) bond motifs is 6. The van der Waals surface area contributed by atoms with Crippen LogP contribution in [-0.4, -0.2) is 9.55 Å². The Hall–Kier alpha value is -4.04. The summed E-state index contributed by atoms with van der Waals surface area (Å²) in [4.78, 5) is 3.54. The van der Waals surface area contributed by atoms with Gasteiger partial charge in [-0.05, 0) is 66.4 Å². The van der Waals surface area contributed by atoms with Gasteiger partial charge in [-0.25, -0.2) is 0 Å². The molecule has 1 N–H and O–H groups in total. The first-order valence-corrected chi connectivity index (χ1v) is 11.3. The summed E-state index contributed by atoms with van der Waals surface area (Å²) in [6.45, 7) is 0. The number of aromatic amines is 1. The van der Waals surface area contributed by atoms with Crippen molar-refractivity contribution < 1.29 is 0 Å². The minimum absolute atomic E-state index is 1.08. The molecule has 0 aliphatic heterocycles. The van der Waals surface area contributed by atoms with Crippen LogP contribution < -0.4 is 0 Å². The summed E-state index contributed by atoms with van der Waals surface area (Å²) in [5, 5.41) is 3.89. The molecule has 0 amide bonds. The van der Waals surface area contributed by atoms with Crippen molar-refractivity contribution in [3.05, 3.63) is 108 Å². The Morgan fingerprint density at radius 2 is 1.41 bits per heavy atom. The van der Waals surface area contributed by atoms with Crippen molar-refractivity contribution in [2.45, 2.75) is 12.8 Å². The predicted octanol–water partition coefficient (Wildman–Crippen LogP) is 7.89. The molecule has 0 unspecified atom stereocenters. The van der Waals surface area contributed by atoms with Crippen molar-refractivity contribution >= 4 is 38.8 Å². The fourth-order valence-corrected chi connectivity index (χ4v) is 5.30. The second-order valence-corrected chi connectivity index (χ2v) is 8.64. The number of H-pyrrole nitrogens is 1. The molecule has 1 aliphatic rings. The average molecular weight is 411 g/mol. The van der Waals surface area contributed by atoms with Crippen LogP contribution in [-0.2, 0) is 6.42 Å². The molecule has 2 aromatic heterocycles. The van der Waals surface area contributed by atoms with Crippen molar-refractivity contribution in [2.24, 2.45) is 0 Å². The van der Waals surface area contributed by atoms with E-state index in [9.17, 15) is 0 Å². The topological polar surface area (TPSA) is 20.7 Å². The largest absolute Gasteiger partial charge is 0.355 e. The van der Waals surface area contributed by atoms with E-state index in [4.69, 9.17) is 0 Å². The molecule has 152 valence electrons. The van der Waals surface area contributed by atoms with Gasteiger partial charge in [-0.3, -0.25) is 0 Å². The highest BCUT2D eigenvalue weighted by Gasteiger charge is 2.19. The van der Waals surface area contributed by atoms with Crippen LogP contribution >= 0.6 is 0 Å². The normalized spacial score (nSPS) is 13.2. The number of nitrogens with zero attached hydrogens (tertiary/aromatic N) is 1. The van der Waals surface area contributed by atoms with Gasteiger partial charge in [-0.15, -0.1) is 0 Å². The van der Waals surface area contributed by atoms with Crippen LogP contribution in [0.2, 0.25) is 0 Å². The molecule has 0 saturated carbocycles. The number of allylic oxidation sites excluding steroid dienone is 1. The summed E-state index contributed by atoms with van der Waals surface area (Å²) in [6.07, 6.45) is 6.79. The highest BCUT2D eigenvalue weighted by Crippen LogP contribution is 2.37. The van der Waals surface area contributed by atoms with E-state index in [1.807, 2.05) is 0 Å². The molecule has 4 aromatic carbocycles. The standard InChI is InChI=1S/C30H22N2/c1-2-8-22(9-3-1)32-29-13-7-5-11-24(29)26-19-21(15-17-30(26)32)20-14-16-28-25(18-20)23-10-4-6-12-27(23)31-28/h1-6,8-12,14-19,31H,7,13H2. The van der Waals surface area contributed by atoms with E-state index < -0.39 is 0 Å². The minimum atomic E-state index is 1.08. The zero-order chi connectivity index (χ0) is 21.1. The number of hydrogen-bond donors (Lipinski definition) is 1. The van der Waals surface area contributed by atoms with E-state index in [1.54, 1.807) is 0 Å². The third-order valence-corrected chi connectivity index (χ3v) is 6.79. The van der Waals surface area contributed by atoms with Gasteiger partial charge < -0.3 is 9.55 Å². The molecular formula is C30H22N2. The van der Waals surface area contributed by atoms with Crippen molar-refractivity contribution in [2.75, 3.05) is 0 Å². The Bertz CT molecular complexity index is 1660. The van der Waals surface area contributed by atoms with E-state index in [1.165, 1.54) is 60.8 Å². The number of rotatable bonds is 2. The lowest BCUT2D eigenvalue weighted by atomic mass is 9.98. The number of benzene rings is 4. The first kappa shape index (κ1) is 17.6. The Morgan fingerprint density at radius 3 is 2.31 bits per heavy atom. The van der Waals surface area contributed by atoms with Crippen LogP contribution in [0.5, 0.6) is 0 Å². The lowest BCUT2D eigenvalue weighted by molar-refractivity contribution is 0.888. The fraction of sp³-hybridized carbons (Fsp3) is 0.0667. The number of hydrogen-bond acceptors (Lipinski definition) is 0. The molecule has 6 aromatic rings. The van der Waals surface area contributed by atoms with Crippen molar-refractivity contribution in [3.63, 3.8) is 0 Å². The smallest absolute Gasteiger partial charge is 0.0538 e. The summed E-state index contributed by atoms with van der Waals surface area (Å²) in [7, 11) is 0. The van der Waals surface area contributed by atoms with Crippen LogP contribution in [0, 0.1) is 0 Å². The average Bonchev–Trinajstić information content (AvgIpc) is 3.39. The molecule has 0 radical (unpaired) electrons. The molecule has 2 heteroatoms. The van der Waals surface area contributed by atoms with Crippen LogP contribution in [0.3, 0.4) is 0 Å². The minimum Gasteiger partial charge on any atom is -0.355 e. The lowest BCUT2D eigenvalue weighted by Crippen LogP contribution is -2.02. The van der Waals surface area contributed by atoms with Gasteiger partial charge in [-0.1, -0.05) is 60.7 Å². The SMILES string of the molecule is C1=Cc2c(n(-c3ccccc3)c3ccc(-c4ccc5[nH]c6ccccc6c5c4)cc23)CC1. The molecule has 0 bridgehead atoms. The first-order chi connectivity index (χ1) is 15.9. The highest BCUT2D eigenvalue weighted by atomic mass is 15.0. The van der Waals surface area contributed by atoms with Crippen LogP contribution in [0.15, 0.2) is 97.1 Å². The molecule has 0 saturated heterocycles. The van der Waals surface area contributed by atoms with Crippen LogP contribution in [0.1, 0.15) is 17.7 Å². The van der Waals surface area contributed by atoms with E-state index in [0.29, 0.717) is 0 Å². The van der Waals surface area contributed by atoms with Crippen LogP contribution in [0.4, 0.5) is 0 Å². The summed E-state index contributed by atoms with van der Waals surface area (Å²) < 4.78 is 2.45. The summed E-state index contributed by atoms with van der Waals surface area (Å²) in [6, 6.07) is 33.0. The zero-order valence-corrected chi connectivity index (χ0v) is 17.7. The molecule has 0 atom stereocenters. The van der Waals surface area contributed by atoms with Gasteiger partial charge in [0.25, 0.3) is 0 Å². The Balaban J connectivity index is 1.46. The molecule has 2 nitrogen and oxygen atoms in total. The second-order valence-electron chi connectivity index (χ2n) is 8.64. The lowest BCUT2D eigenvalue weighted by Gasteiger charge is -2.13. The summed E-state index contributed by atoms with van der Waals surface area (Å²) in [5.41, 5.74) is 10.2. The second kappa shape index (κ2) is 6.73. The summed E-state index contributed by atoms with van der Waals surface area (Å²) >= 11 is 0. The van der Waals surface area contributed by atoms with E-state index in [2.05, 4.69) is 113 Å². The van der Waals surface area contributed by atoms with Gasteiger partial charge in [-0.2, -0.15) is 0 Å². The van der Waals surface area contributed by atoms with Gasteiger partial charge >= 0.3 is 0 Å². The molecule has 32 heavy (non-hydrogen) atoms. The molecular weight excluding hydrogens is 388 g/mol. The maximum Gasteiger partial charge on any atom is 0.0538 e. The number of nitrogens with one attached hydrogen (secondary N) is 1. The summed E-state index contributed by atoms with van der Waals surface area (Å²) in [5.74, 6) is 0. The zero-order valence-electron chi connectivity index (χ0n) is 17.7. The molecule has 0 fully saturated rings. The van der Waals surface area contributed by atoms with Gasteiger partial charge in [0.2, 0.25) is 0 Å². The van der Waals surface area contributed by atoms with Gasteiger partial charge in [0.15, 0.2) is 0 Å².